The molecule has 1 aliphatic rings. The van der Waals surface area contributed by atoms with Crippen molar-refractivity contribution in [1.82, 2.24) is 4.90 Å². The van der Waals surface area contributed by atoms with Gasteiger partial charge in [0, 0.05) is 40.0 Å². The average molecular weight is 275 g/mol. The van der Waals surface area contributed by atoms with Crippen molar-refractivity contribution >= 4 is 6.29 Å². The summed E-state index contributed by atoms with van der Waals surface area (Å²) in [6.45, 7) is 8.30. The van der Waals surface area contributed by atoms with Crippen molar-refractivity contribution in [1.29, 1.82) is 0 Å². The molecule has 5 nitrogen and oxygen atoms in total. The molecule has 0 bridgehead atoms. The maximum atomic E-state index is 10.5. The van der Waals surface area contributed by atoms with Gasteiger partial charge in [0.05, 0.1) is 6.61 Å². The van der Waals surface area contributed by atoms with Crippen molar-refractivity contribution < 1.29 is 19.4 Å². The van der Waals surface area contributed by atoms with E-state index in [-0.39, 0.29) is 0 Å². The second-order valence-corrected chi connectivity index (χ2v) is 4.51. The fourth-order valence-corrected chi connectivity index (χ4v) is 2.08. The Kier molecular flexibility index (Phi) is 12.2. The minimum absolute atomic E-state index is 0.393. The van der Waals surface area contributed by atoms with Crippen molar-refractivity contribution in [3.8, 4) is 0 Å². The molecule has 19 heavy (non-hydrogen) atoms. The van der Waals surface area contributed by atoms with Gasteiger partial charge in [-0.15, -0.1) is 0 Å². The van der Waals surface area contributed by atoms with Crippen LogP contribution in [-0.2, 0) is 14.3 Å². The zero-order valence-electron chi connectivity index (χ0n) is 12.5. The van der Waals surface area contributed by atoms with E-state index in [4.69, 9.17) is 9.47 Å². The Balaban J connectivity index is 0.00000154. The first-order chi connectivity index (χ1) is 9.26. The normalized spacial score (nSPS) is 17.7. The van der Waals surface area contributed by atoms with Gasteiger partial charge in [0.25, 0.3) is 0 Å². The minimum Gasteiger partial charge on any atom is -0.384 e. The van der Waals surface area contributed by atoms with Crippen LogP contribution in [0.25, 0.3) is 0 Å². The Morgan fingerprint density at radius 3 is 2.58 bits per heavy atom. The van der Waals surface area contributed by atoms with Crippen molar-refractivity contribution in [3.63, 3.8) is 0 Å². The summed E-state index contributed by atoms with van der Waals surface area (Å²) < 4.78 is 10.4. The van der Waals surface area contributed by atoms with E-state index in [1.165, 1.54) is 0 Å². The van der Waals surface area contributed by atoms with Crippen LogP contribution >= 0.6 is 0 Å². The molecule has 0 aromatic carbocycles. The number of aldehydes is 1. The summed E-state index contributed by atoms with van der Waals surface area (Å²) >= 11 is 0. The van der Waals surface area contributed by atoms with Crippen LogP contribution in [0, 0.1) is 5.92 Å². The molecule has 0 amide bonds. The van der Waals surface area contributed by atoms with Gasteiger partial charge in [0.15, 0.2) is 0 Å². The molecule has 0 radical (unpaired) electrons. The van der Waals surface area contributed by atoms with Gasteiger partial charge in [-0.1, -0.05) is 13.8 Å². The summed E-state index contributed by atoms with van der Waals surface area (Å²) in [4.78, 5) is 12.6. The molecule has 0 saturated carbocycles. The summed E-state index contributed by atoms with van der Waals surface area (Å²) in [5.74, 6) is 0.597. The number of hydrogen-bond acceptors (Lipinski definition) is 5. The van der Waals surface area contributed by atoms with Gasteiger partial charge >= 0.3 is 0 Å². The number of rotatable bonds is 8. The molecule has 1 aliphatic heterocycles. The molecule has 5 heteroatoms. The summed E-state index contributed by atoms with van der Waals surface area (Å²) in [6.07, 6.45) is 1.80. The number of ether oxygens (including phenoxy) is 2. The van der Waals surface area contributed by atoms with Gasteiger partial charge < -0.3 is 19.4 Å². The molecule has 1 unspecified atom stereocenters. The molecule has 0 aromatic heterocycles. The quantitative estimate of drug-likeness (QED) is 0.668. The largest absolute Gasteiger partial charge is 0.384 e. The minimum atomic E-state index is -0.897. The number of carbonyl (C=O) groups excluding carboxylic acids is 1. The van der Waals surface area contributed by atoms with E-state index in [9.17, 15) is 9.90 Å². The van der Waals surface area contributed by atoms with Gasteiger partial charge in [-0.2, -0.15) is 0 Å². The van der Waals surface area contributed by atoms with E-state index in [1.807, 2.05) is 13.8 Å². The van der Waals surface area contributed by atoms with Gasteiger partial charge in [-0.25, -0.2) is 0 Å². The van der Waals surface area contributed by atoms with Crippen molar-refractivity contribution in [2.24, 2.45) is 5.92 Å². The molecule has 1 atom stereocenters. The Labute approximate surface area is 116 Å². The molecule has 0 spiro atoms. The lowest BCUT2D eigenvalue weighted by molar-refractivity contribution is -0.116. The highest BCUT2D eigenvalue weighted by molar-refractivity contribution is 5.55. The average Bonchev–Trinajstić information content (AvgIpc) is 2.47. The highest BCUT2D eigenvalue weighted by Gasteiger charge is 2.19. The molecule has 0 aromatic rings. The first-order valence-corrected chi connectivity index (χ1v) is 7.18. The number of hydrogen-bond donors (Lipinski definition) is 1. The van der Waals surface area contributed by atoms with E-state index in [0.717, 1.165) is 39.1 Å². The van der Waals surface area contributed by atoms with Crippen molar-refractivity contribution in [3.05, 3.63) is 0 Å². The Morgan fingerprint density at radius 2 is 2.05 bits per heavy atom. The first kappa shape index (κ1) is 18.5. The van der Waals surface area contributed by atoms with E-state index in [0.29, 0.717) is 25.4 Å². The Morgan fingerprint density at radius 1 is 1.42 bits per heavy atom. The van der Waals surface area contributed by atoms with Gasteiger partial charge in [0.1, 0.15) is 12.4 Å². The lowest BCUT2D eigenvalue weighted by atomic mass is 9.99. The van der Waals surface area contributed by atoms with Gasteiger partial charge in [-0.3, -0.25) is 4.90 Å². The van der Waals surface area contributed by atoms with Crippen LogP contribution in [0.1, 0.15) is 26.7 Å². The summed E-state index contributed by atoms with van der Waals surface area (Å²) in [6, 6.07) is 0. The Hall–Kier alpha value is -0.490. The van der Waals surface area contributed by atoms with Crippen LogP contribution in [0.15, 0.2) is 0 Å². The van der Waals surface area contributed by atoms with Crippen molar-refractivity contribution in [2.45, 2.75) is 32.8 Å². The van der Waals surface area contributed by atoms with E-state index in [2.05, 4.69) is 4.90 Å². The standard InChI is InChI=1S/C12H23NO4.C2H6/c1-16-7-4-13(9-12(15)10-14)8-11-2-5-17-6-3-11;1-2/h10-12,15H,2-9H2,1H3;1-2H3. The number of carbonyl (C=O) groups is 1. The summed E-state index contributed by atoms with van der Waals surface area (Å²) in [5, 5.41) is 9.38. The summed E-state index contributed by atoms with van der Waals surface area (Å²) in [7, 11) is 1.66. The molecular formula is C14H29NO4. The van der Waals surface area contributed by atoms with E-state index in [1.54, 1.807) is 7.11 Å². The maximum Gasteiger partial charge on any atom is 0.149 e. The second-order valence-electron chi connectivity index (χ2n) is 4.51. The van der Waals surface area contributed by atoms with Crippen molar-refractivity contribution in [2.75, 3.05) is 46.6 Å². The lowest BCUT2D eigenvalue weighted by Crippen LogP contribution is -2.39. The molecule has 1 saturated heterocycles. The lowest BCUT2D eigenvalue weighted by Gasteiger charge is -2.30. The molecule has 1 rings (SSSR count). The third-order valence-corrected chi connectivity index (χ3v) is 3.07. The highest BCUT2D eigenvalue weighted by atomic mass is 16.5. The fourth-order valence-electron chi connectivity index (χ4n) is 2.08. The topological polar surface area (TPSA) is 59.0 Å². The zero-order valence-corrected chi connectivity index (χ0v) is 12.5. The smallest absolute Gasteiger partial charge is 0.149 e. The van der Waals surface area contributed by atoms with Gasteiger partial charge in [0.2, 0.25) is 0 Å². The van der Waals surface area contributed by atoms with Crippen LogP contribution < -0.4 is 0 Å². The van der Waals surface area contributed by atoms with Crippen LogP contribution in [0.5, 0.6) is 0 Å². The van der Waals surface area contributed by atoms with E-state index < -0.39 is 6.10 Å². The van der Waals surface area contributed by atoms with Crippen LogP contribution in [-0.4, -0.2) is 69.0 Å². The predicted molar refractivity (Wildman–Crippen MR) is 75.3 cm³/mol. The van der Waals surface area contributed by atoms with Gasteiger partial charge in [-0.05, 0) is 18.8 Å². The third kappa shape index (κ3) is 9.10. The second kappa shape index (κ2) is 12.5. The van der Waals surface area contributed by atoms with Crippen LogP contribution in [0.3, 0.4) is 0 Å². The third-order valence-electron chi connectivity index (χ3n) is 3.07. The number of nitrogens with zero attached hydrogens (tertiary/aromatic N) is 1. The highest BCUT2D eigenvalue weighted by Crippen LogP contribution is 2.16. The maximum absolute atomic E-state index is 10.5. The fraction of sp³-hybridized carbons (Fsp3) is 0.929. The molecule has 1 fully saturated rings. The monoisotopic (exact) mass is 275 g/mol. The number of aliphatic hydroxyl groups excluding tert-OH is 1. The molecule has 114 valence electrons. The number of aliphatic hydroxyl groups is 1. The summed E-state index contributed by atoms with van der Waals surface area (Å²) in [5.41, 5.74) is 0. The predicted octanol–water partition coefficient (Wildman–Crippen LogP) is 0.947. The Bertz CT molecular complexity index is 208. The molecule has 1 N–H and O–H groups in total. The zero-order chi connectivity index (χ0) is 14.5. The SMILES string of the molecule is CC.COCCN(CC(O)C=O)CC1CCOCC1. The van der Waals surface area contributed by atoms with Crippen LogP contribution in [0.4, 0.5) is 0 Å². The molecule has 1 heterocycles. The molecular weight excluding hydrogens is 246 g/mol. The number of methoxy groups -OCH3 is 1. The van der Waals surface area contributed by atoms with Crippen LogP contribution in [0.2, 0.25) is 0 Å². The van der Waals surface area contributed by atoms with E-state index >= 15 is 0 Å². The molecule has 0 aliphatic carbocycles. The first-order valence-electron chi connectivity index (χ1n) is 7.18.